The smallest absolute Gasteiger partial charge is 0.298 e. The van der Waals surface area contributed by atoms with Gasteiger partial charge in [0.1, 0.15) is 0 Å². The molecule has 0 aliphatic carbocycles. The molecule has 2 amide bonds. The molecule has 2 aromatic carbocycles. The fraction of sp³-hybridized carbons (Fsp3) is 0.130. The van der Waals surface area contributed by atoms with E-state index in [2.05, 4.69) is 35.8 Å². The van der Waals surface area contributed by atoms with Crippen molar-refractivity contribution in [1.82, 2.24) is 4.57 Å². The van der Waals surface area contributed by atoms with Crippen molar-refractivity contribution < 1.29 is 9.59 Å². The lowest BCUT2D eigenvalue weighted by atomic mass is 10.2. The highest BCUT2D eigenvalue weighted by molar-refractivity contribution is 8.19. The second-order valence-electron chi connectivity index (χ2n) is 6.99. The van der Waals surface area contributed by atoms with Crippen LogP contribution in [0.15, 0.2) is 59.5 Å². The molecule has 2 heterocycles. The van der Waals surface area contributed by atoms with E-state index in [0.717, 1.165) is 34.4 Å². The average Bonchev–Trinajstić information content (AvgIpc) is 3.12. The molecule has 0 radical (unpaired) electrons. The summed E-state index contributed by atoms with van der Waals surface area (Å²) >= 11 is 6.87. The van der Waals surface area contributed by atoms with E-state index < -0.39 is 0 Å². The van der Waals surface area contributed by atoms with Gasteiger partial charge in [0.2, 0.25) is 0 Å². The summed E-state index contributed by atoms with van der Waals surface area (Å²) in [5.74, 6) is -0.317. The Balaban J connectivity index is 1.69. The van der Waals surface area contributed by atoms with Gasteiger partial charge in [0, 0.05) is 22.1 Å². The van der Waals surface area contributed by atoms with Crippen molar-refractivity contribution in [2.24, 2.45) is 0 Å². The summed E-state index contributed by atoms with van der Waals surface area (Å²) in [6.45, 7) is 6.10. The van der Waals surface area contributed by atoms with Crippen molar-refractivity contribution in [3.8, 4) is 5.69 Å². The van der Waals surface area contributed by atoms with E-state index >= 15 is 0 Å². The largest absolute Gasteiger partial charge is 0.318 e. The Hall–Kier alpha value is -2.76. The number of hydrogen-bond acceptors (Lipinski definition) is 3. The highest BCUT2D eigenvalue weighted by Crippen LogP contribution is 2.37. The van der Waals surface area contributed by atoms with Gasteiger partial charge in [-0.1, -0.05) is 29.3 Å². The first kappa shape index (κ1) is 19.6. The topological polar surface area (TPSA) is 42.3 Å². The van der Waals surface area contributed by atoms with Crippen molar-refractivity contribution >= 4 is 46.3 Å². The minimum absolute atomic E-state index is 0.309. The number of nitrogens with zero attached hydrogens (tertiary/aromatic N) is 2. The number of aromatic nitrogens is 1. The van der Waals surface area contributed by atoms with E-state index in [4.69, 9.17) is 11.6 Å². The van der Waals surface area contributed by atoms with Crippen LogP contribution in [0.1, 0.15) is 22.5 Å². The maximum absolute atomic E-state index is 12.9. The predicted octanol–water partition coefficient (Wildman–Crippen LogP) is 6.30. The Morgan fingerprint density at radius 2 is 1.52 bits per heavy atom. The van der Waals surface area contributed by atoms with Crippen LogP contribution in [0, 0.1) is 20.8 Å². The highest BCUT2D eigenvalue weighted by Gasteiger charge is 2.36. The summed E-state index contributed by atoms with van der Waals surface area (Å²) in [7, 11) is 0. The standard InChI is InChI=1S/C23H19ClN2O2S/c1-14-4-8-19(9-5-14)25-15(2)12-17(16(25)3)13-21-22(27)26(23(28)29-21)20-10-6-18(24)7-11-20/h4-13H,1-3H3/b21-13-. The van der Waals surface area contributed by atoms with Crippen molar-refractivity contribution in [3.63, 3.8) is 0 Å². The summed E-state index contributed by atoms with van der Waals surface area (Å²) in [5, 5.41) is 0.246. The lowest BCUT2D eigenvalue weighted by Crippen LogP contribution is -2.27. The second kappa shape index (κ2) is 7.58. The predicted molar refractivity (Wildman–Crippen MR) is 120 cm³/mol. The summed E-state index contributed by atoms with van der Waals surface area (Å²) in [6, 6.07) is 17.0. The van der Waals surface area contributed by atoms with Gasteiger partial charge in [0.05, 0.1) is 10.6 Å². The number of anilines is 1. The fourth-order valence-corrected chi connectivity index (χ4v) is 4.40. The molecule has 146 valence electrons. The highest BCUT2D eigenvalue weighted by atomic mass is 35.5. The molecule has 1 aliphatic heterocycles. The molecule has 0 unspecified atom stereocenters. The minimum Gasteiger partial charge on any atom is -0.318 e. The fourth-order valence-electron chi connectivity index (χ4n) is 3.45. The molecule has 1 aliphatic rings. The third kappa shape index (κ3) is 3.63. The zero-order valence-electron chi connectivity index (χ0n) is 16.3. The van der Waals surface area contributed by atoms with Gasteiger partial charge in [-0.05, 0) is 86.6 Å². The summed E-state index contributed by atoms with van der Waals surface area (Å²) in [5.41, 5.74) is 5.79. The molecule has 29 heavy (non-hydrogen) atoms. The van der Waals surface area contributed by atoms with Crippen molar-refractivity contribution in [1.29, 1.82) is 0 Å². The maximum Gasteiger partial charge on any atom is 0.298 e. The van der Waals surface area contributed by atoms with Crippen LogP contribution >= 0.6 is 23.4 Å². The maximum atomic E-state index is 12.9. The SMILES string of the molecule is Cc1ccc(-n2c(C)cc(/C=C3\SC(=O)N(c4ccc(Cl)cc4)C3=O)c2C)cc1. The van der Waals surface area contributed by atoms with E-state index in [-0.39, 0.29) is 11.1 Å². The number of rotatable bonds is 3. The number of carbonyl (C=O) groups is 2. The van der Waals surface area contributed by atoms with Crippen molar-refractivity contribution in [2.45, 2.75) is 20.8 Å². The van der Waals surface area contributed by atoms with E-state index in [9.17, 15) is 9.59 Å². The molecule has 4 rings (SSSR count). The number of thioether (sulfide) groups is 1. The molecule has 1 aromatic heterocycles. The van der Waals surface area contributed by atoms with Gasteiger partial charge in [-0.3, -0.25) is 9.59 Å². The van der Waals surface area contributed by atoms with Crippen LogP contribution in [-0.2, 0) is 4.79 Å². The van der Waals surface area contributed by atoms with Gasteiger partial charge in [-0.15, -0.1) is 0 Å². The van der Waals surface area contributed by atoms with Gasteiger partial charge in [0.15, 0.2) is 0 Å². The van der Waals surface area contributed by atoms with Crippen LogP contribution in [0.3, 0.4) is 0 Å². The first-order valence-electron chi connectivity index (χ1n) is 9.14. The first-order chi connectivity index (χ1) is 13.8. The quantitative estimate of drug-likeness (QED) is 0.465. The normalized spacial score (nSPS) is 15.6. The zero-order valence-corrected chi connectivity index (χ0v) is 17.8. The third-order valence-electron chi connectivity index (χ3n) is 4.93. The number of aryl methyl sites for hydroxylation is 2. The van der Waals surface area contributed by atoms with Crippen LogP contribution in [0.4, 0.5) is 10.5 Å². The molecule has 4 nitrogen and oxygen atoms in total. The number of amides is 2. The molecule has 0 spiro atoms. The molecule has 6 heteroatoms. The van der Waals surface area contributed by atoms with E-state index in [1.165, 1.54) is 10.5 Å². The van der Waals surface area contributed by atoms with E-state index in [0.29, 0.717) is 15.6 Å². The van der Waals surface area contributed by atoms with Crippen LogP contribution < -0.4 is 4.90 Å². The Morgan fingerprint density at radius 3 is 2.17 bits per heavy atom. The Labute approximate surface area is 178 Å². The Bertz CT molecular complexity index is 1140. The van der Waals surface area contributed by atoms with Crippen molar-refractivity contribution in [2.75, 3.05) is 4.90 Å². The van der Waals surface area contributed by atoms with Gasteiger partial charge in [-0.2, -0.15) is 0 Å². The first-order valence-corrected chi connectivity index (χ1v) is 10.3. The molecular weight excluding hydrogens is 404 g/mol. The molecule has 1 saturated heterocycles. The van der Waals surface area contributed by atoms with Crippen LogP contribution in [0.2, 0.25) is 5.02 Å². The van der Waals surface area contributed by atoms with Gasteiger partial charge >= 0.3 is 0 Å². The molecule has 0 atom stereocenters. The number of imide groups is 1. The number of halogens is 1. The summed E-state index contributed by atoms with van der Waals surface area (Å²) in [4.78, 5) is 27.0. The lowest BCUT2D eigenvalue weighted by molar-refractivity contribution is -0.113. The lowest BCUT2D eigenvalue weighted by Gasteiger charge is -2.12. The van der Waals surface area contributed by atoms with E-state index in [1.807, 2.05) is 19.9 Å². The van der Waals surface area contributed by atoms with Crippen LogP contribution in [0.5, 0.6) is 0 Å². The second-order valence-corrected chi connectivity index (χ2v) is 8.42. The molecule has 0 N–H and O–H groups in total. The summed E-state index contributed by atoms with van der Waals surface area (Å²) in [6.07, 6.45) is 1.80. The molecule has 1 fully saturated rings. The number of benzene rings is 2. The molecule has 0 bridgehead atoms. The zero-order chi connectivity index (χ0) is 20.7. The molecule has 3 aromatic rings. The van der Waals surface area contributed by atoms with Gasteiger partial charge in [0.25, 0.3) is 11.1 Å². The average molecular weight is 423 g/mol. The van der Waals surface area contributed by atoms with Gasteiger partial charge < -0.3 is 4.57 Å². The van der Waals surface area contributed by atoms with Crippen LogP contribution in [-0.4, -0.2) is 15.7 Å². The summed E-state index contributed by atoms with van der Waals surface area (Å²) < 4.78 is 2.15. The Morgan fingerprint density at radius 1 is 0.897 bits per heavy atom. The monoisotopic (exact) mass is 422 g/mol. The minimum atomic E-state index is -0.317. The third-order valence-corrected chi connectivity index (χ3v) is 6.05. The van der Waals surface area contributed by atoms with Crippen molar-refractivity contribution in [3.05, 3.63) is 87.0 Å². The van der Waals surface area contributed by atoms with E-state index in [1.54, 1.807) is 30.3 Å². The molecular formula is C23H19ClN2O2S. The number of hydrogen-bond donors (Lipinski definition) is 0. The van der Waals surface area contributed by atoms with Gasteiger partial charge in [-0.25, -0.2) is 4.90 Å². The number of carbonyl (C=O) groups excluding carboxylic acids is 2. The van der Waals surface area contributed by atoms with Crippen LogP contribution in [0.25, 0.3) is 11.8 Å². The Kier molecular flexibility index (Phi) is 5.11. The molecule has 0 saturated carbocycles.